The maximum absolute atomic E-state index is 10.5. The Morgan fingerprint density at radius 1 is 1.18 bits per heavy atom. The van der Waals surface area contributed by atoms with Gasteiger partial charge < -0.3 is 0 Å². The molecule has 0 radical (unpaired) electrons. The maximum atomic E-state index is 10.5. The number of hydrogen-bond acceptors (Lipinski definition) is 5. The molecule has 7 nitrogen and oxygen atoms in total. The largest absolute Gasteiger partial charge is 0.240 e. The third-order valence-electron chi connectivity index (χ3n) is 0.613. The van der Waals surface area contributed by atoms with Gasteiger partial charge in [0, 0.05) is 0 Å². The van der Waals surface area contributed by atoms with Crippen molar-refractivity contribution in [3.8, 4) is 0 Å². The van der Waals surface area contributed by atoms with Crippen molar-refractivity contribution < 1.29 is 16.8 Å². The third kappa shape index (κ3) is 5.09. The molecule has 0 saturated heterocycles. The van der Waals surface area contributed by atoms with E-state index in [0.29, 0.717) is 0 Å². The van der Waals surface area contributed by atoms with Gasteiger partial charge in [-0.3, -0.25) is 0 Å². The zero-order chi connectivity index (χ0) is 9.28. The molecule has 0 aromatic rings. The number of hydrogen-bond donors (Lipinski definition) is 2. The van der Waals surface area contributed by atoms with Crippen LogP contribution < -0.4 is 10.7 Å². The second kappa shape index (κ2) is 3.03. The van der Waals surface area contributed by atoms with E-state index in [0.717, 1.165) is 12.5 Å². The van der Waals surface area contributed by atoms with Crippen molar-refractivity contribution in [1.82, 2.24) is 9.35 Å². The van der Waals surface area contributed by atoms with Crippen molar-refractivity contribution >= 4 is 20.0 Å². The summed E-state index contributed by atoms with van der Waals surface area (Å²) in [6, 6.07) is 0. The molecule has 0 spiro atoms. The van der Waals surface area contributed by atoms with Gasteiger partial charge in [0.1, 0.15) is 0 Å². The third-order valence-corrected chi connectivity index (χ3v) is 2.06. The van der Waals surface area contributed by atoms with Gasteiger partial charge in [-0.05, 0) is 0 Å². The summed E-state index contributed by atoms with van der Waals surface area (Å²) in [4.78, 5) is 1.55. The molecule has 0 aromatic heterocycles. The van der Waals surface area contributed by atoms with Crippen LogP contribution in [0.2, 0.25) is 0 Å². The molecule has 0 rings (SSSR count). The van der Waals surface area contributed by atoms with Crippen LogP contribution in [0.1, 0.15) is 0 Å². The van der Waals surface area contributed by atoms with Crippen LogP contribution in [0.4, 0.5) is 0 Å². The zero-order valence-corrected chi connectivity index (χ0v) is 7.61. The van der Waals surface area contributed by atoms with Crippen LogP contribution >= 0.6 is 0 Å². The predicted octanol–water partition coefficient (Wildman–Crippen LogP) is -2.41. The summed E-state index contributed by atoms with van der Waals surface area (Å²) in [5, 5.41) is 0. The lowest BCUT2D eigenvalue weighted by molar-refractivity contribution is 0.395. The van der Waals surface area contributed by atoms with Crippen molar-refractivity contribution in [2.45, 2.75) is 0 Å². The van der Waals surface area contributed by atoms with Gasteiger partial charge in [-0.1, -0.05) is 4.52 Å². The first kappa shape index (κ1) is 10.8. The van der Waals surface area contributed by atoms with Crippen LogP contribution in [0.5, 0.6) is 0 Å². The smallest absolute Gasteiger partial charge is 0.238 e. The minimum absolute atomic E-state index is 0.0301. The number of sulfonamides is 2. The fourth-order valence-corrected chi connectivity index (χ4v) is 1.51. The molecule has 0 unspecified atom stereocenters. The van der Waals surface area contributed by atoms with E-state index in [9.17, 15) is 16.8 Å². The van der Waals surface area contributed by atoms with Crippen molar-refractivity contribution in [3.63, 3.8) is 0 Å². The number of nitrogens with zero attached hydrogens (tertiary/aromatic N) is 1. The molecule has 0 bridgehead atoms. The maximum Gasteiger partial charge on any atom is 0.238 e. The van der Waals surface area contributed by atoms with Crippen molar-refractivity contribution in [1.29, 1.82) is 0 Å². The average molecular weight is 203 g/mol. The predicted molar refractivity (Wildman–Crippen MR) is 38.8 cm³/mol. The number of nitrogens with one attached hydrogen (secondary N) is 1. The molecule has 68 valence electrons. The van der Waals surface area contributed by atoms with Gasteiger partial charge in [0.25, 0.3) is 0 Å². The van der Waals surface area contributed by atoms with E-state index in [2.05, 4.69) is 0 Å². The first-order valence-electron chi connectivity index (χ1n) is 2.35. The lowest BCUT2D eigenvalue weighted by atomic mass is 12.0. The first-order chi connectivity index (χ1) is 4.63. The molecule has 3 N–H and O–H groups in total. The highest BCUT2D eigenvalue weighted by Gasteiger charge is 2.15. The topological polar surface area (TPSA) is 110 Å². The van der Waals surface area contributed by atoms with E-state index >= 15 is 0 Å². The normalized spacial score (nSPS) is 13.8. The highest BCUT2D eigenvalue weighted by molar-refractivity contribution is 7.91. The molecule has 11 heavy (non-hydrogen) atoms. The molecule has 0 aliphatic heterocycles. The minimum atomic E-state index is -3.72. The van der Waals surface area contributed by atoms with Gasteiger partial charge >= 0.3 is 0 Å². The van der Waals surface area contributed by atoms with Gasteiger partial charge in [-0.2, -0.15) is 0 Å². The molecule has 0 aliphatic rings. The fourth-order valence-electron chi connectivity index (χ4n) is 0.231. The monoisotopic (exact) mass is 203 g/mol. The SMILES string of the molecule is CS(=O)(=O)NN(N)S(C)(=O)=O. The van der Waals surface area contributed by atoms with Gasteiger partial charge in [0.05, 0.1) is 12.5 Å². The Morgan fingerprint density at radius 2 is 1.55 bits per heavy atom. The Morgan fingerprint density at radius 3 is 1.64 bits per heavy atom. The summed E-state index contributed by atoms with van der Waals surface area (Å²) < 4.78 is 41.8. The number of rotatable bonds is 3. The standard InChI is InChI=1S/C2H9N3O4S2/c1-10(6,7)4-5(3)11(2,8)9/h4H,3H2,1-2H3. The van der Waals surface area contributed by atoms with Gasteiger partial charge in [0.15, 0.2) is 0 Å². The van der Waals surface area contributed by atoms with Crippen LogP contribution in [0.15, 0.2) is 0 Å². The Bertz CT molecular complexity index is 315. The lowest BCUT2D eigenvalue weighted by Gasteiger charge is -2.12. The minimum Gasteiger partial charge on any atom is -0.240 e. The van der Waals surface area contributed by atoms with Crippen LogP contribution in [0.25, 0.3) is 0 Å². The molecular formula is C2H9N3O4S2. The van der Waals surface area contributed by atoms with Crippen LogP contribution in [0, 0.1) is 0 Å². The molecular weight excluding hydrogens is 194 g/mol. The Balaban J connectivity index is 4.47. The summed E-state index contributed by atoms with van der Waals surface area (Å²) in [7, 11) is -7.35. The summed E-state index contributed by atoms with van der Waals surface area (Å²) in [5.41, 5.74) is 0. The number of nitrogens with two attached hydrogens (primary N) is 1. The van der Waals surface area contributed by atoms with Crippen molar-refractivity contribution in [2.24, 2.45) is 5.84 Å². The first-order valence-corrected chi connectivity index (χ1v) is 6.09. The molecule has 0 heterocycles. The molecule has 0 fully saturated rings. The average Bonchev–Trinajstić information content (AvgIpc) is 1.56. The summed E-state index contributed by atoms with van der Waals surface area (Å²) in [6.07, 6.45) is 1.56. The Labute approximate surface area is 65.2 Å². The van der Waals surface area contributed by atoms with Crippen LogP contribution in [-0.4, -0.2) is 33.9 Å². The Hall–Kier alpha value is -0.220. The lowest BCUT2D eigenvalue weighted by Crippen LogP contribution is -2.49. The van der Waals surface area contributed by atoms with E-state index in [1.54, 1.807) is 4.83 Å². The summed E-state index contributed by atoms with van der Waals surface area (Å²) in [6.45, 7) is 0. The summed E-state index contributed by atoms with van der Waals surface area (Å²) in [5.74, 6) is 4.79. The second-order valence-corrected chi connectivity index (χ2v) is 5.51. The molecule has 0 atom stereocenters. The quantitative estimate of drug-likeness (QED) is 0.392. The van der Waals surface area contributed by atoms with Crippen LogP contribution in [0.3, 0.4) is 0 Å². The summed E-state index contributed by atoms with van der Waals surface area (Å²) >= 11 is 0. The van der Waals surface area contributed by atoms with E-state index < -0.39 is 20.0 Å². The second-order valence-electron chi connectivity index (χ2n) is 1.92. The molecule has 0 aromatic carbocycles. The van der Waals surface area contributed by atoms with Gasteiger partial charge in [0.2, 0.25) is 20.0 Å². The van der Waals surface area contributed by atoms with Gasteiger partial charge in [-0.25, -0.2) is 22.7 Å². The van der Waals surface area contributed by atoms with E-state index in [1.807, 2.05) is 0 Å². The highest BCUT2D eigenvalue weighted by Crippen LogP contribution is 1.85. The highest BCUT2D eigenvalue weighted by atomic mass is 32.2. The molecule has 0 aliphatic carbocycles. The van der Waals surface area contributed by atoms with E-state index in [4.69, 9.17) is 5.84 Å². The van der Waals surface area contributed by atoms with Crippen LogP contribution in [-0.2, 0) is 20.0 Å². The Kier molecular flexibility index (Phi) is 2.97. The molecule has 9 heteroatoms. The van der Waals surface area contributed by atoms with Gasteiger partial charge in [-0.15, -0.1) is 4.83 Å². The van der Waals surface area contributed by atoms with Crippen molar-refractivity contribution in [2.75, 3.05) is 12.5 Å². The van der Waals surface area contributed by atoms with Crippen molar-refractivity contribution in [3.05, 3.63) is 0 Å². The fraction of sp³-hybridized carbons (Fsp3) is 1.00. The molecule has 0 amide bonds. The van der Waals surface area contributed by atoms with E-state index in [1.165, 1.54) is 0 Å². The number of hydrazine groups is 2. The zero-order valence-electron chi connectivity index (χ0n) is 5.97. The molecule has 0 saturated carbocycles. The van der Waals surface area contributed by atoms with E-state index in [-0.39, 0.29) is 4.52 Å².